The maximum absolute atomic E-state index is 6.15. The Bertz CT molecular complexity index is 1050. The van der Waals surface area contributed by atoms with Gasteiger partial charge in [0, 0.05) is 55.9 Å². The summed E-state index contributed by atoms with van der Waals surface area (Å²) in [5.41, 5.74) is 10.4. The van der Waals surface area contributed by atoms with Crippen molar-refractivity contribution in [3.63, 3.8) is 0 Å². The fraction of sp³-hybridized carbons (Fsp3) is 0.500. The van der Waals surface area contributed by atoms with Crippen LogP contribution in [0.3, 0.4) is 0 Å². The fourth-order valence-electron chi connectivity index (χ4n) is 4.77. The van der Waals surface area contributed by atoms with Gasteiger partial charge in [0.15, 0.2) is 5.65 Å². The number of piperidine rings is 1. The molecule has 5 heterocycles. The van der Waals surface area contributed by atoms with Crippen molar-refractivity contribution < 1.29 is 0 Å². The lowest BCUT2D eigenvalue weighted by atomic mass is 9.99. The molecule has 2 atom stereocenters. The summed E-state index contributed by atoms with van der Waals surface area (Å²) in [7, 11) is 0. The van der Waals surface area contributed by atoms with Crippen LogP contribution in [-0.2, 0) is 6.54 Å². The monoisotopic (exact) mass is 425 g/mol. The first-order valence-corrected chi connectivity index (χ1v) is 11.2. The van der Waals surface area contributed by atoms with Crippen molar-refractivity contribution >= 4 is 23.1 Å². The summed E-state index contributed by atoms with van der Waals surface area (Å²) >= 11 is 6.15. The predicted octanol–water partition coefficient (Wildman–Crippen LogP) is 3.35. The second kappa shape index (κ2) is 8.13. The number of likely N-dealkylation sites (tertiary alicyclic amines) is 1. The van der Waals surface area contributed by atoms with Crippen molar-refractivity contribution in [3.05, 3.63) is 52.6 Å². The van der Waals surface area contributed by atoms with E-state index in [1.165, 1.54) is 12.8 Å². The van der Waals surface area contributed by atoms with E-state index >= 15 is 0 Å². The van der Waals surface area contributed by atoms with Crippen LogP contribution in [0.2, 0.25) is 5.02 Å². The average Bonchev–Trinajstić information content (AvgIpc) is 3.33. The molecule has 0 saturated carbocycles. The Morgan fingerprint density at radius 3 is 2.87 bits per heavy atom. The van der Waals surface area contributed by atoms with Gasteiger partial charge >= 0.3 is 0 Å². The summed E-state index contributed by atoms with van der Waals surface area (Å²) in [5, 5.41) is 5.60. The van der Waals surface area contributed by atoms with Crippen LogP contribution in [0, 0.1) is 6.92 Å². The molecule has 3 aromatic heterocycles. The third-order valence-electron chi connectivity index (χ3n) is 6.25. The molecular weight excluding hydrogens is 398 g/mol. The first-order valence-electron chi connectivity index (χ1n) is 10.8. The second-order valence-electron chi connectivity index (χ2n) is 8.61. The molecule has 2 N–H and O–H groups in total. The quantitative estimate of drug-likeness (QED) is 0.690. The molecule has 7 nitrogen and oxygen atoms in total. The van der Waals surface area contributed by atoms with E-state index in [1.54, 1.807) is 6.20 Å². The van der Waals surface area contributed by atoms with Crippen LogP contribution in [-0.4, -0.2) is 50.2 Å². The lowest BCUT2D eigenvalue weighted by Crippen LogP contribution is -2.33. The molecule has 0 bridgehead atoms. The smallest absolute Gasteiger partial charge is 0.157 e. The molecule has 3 aromatic rings. The van der Waals surface area contributed by atoms with Gasteiger partial charge in [-0.3, -0.25) is 9.88 Å². The van der Waals surface area contributed by atoms with Gasteiger partial charge in [-0.1, -0.05) is 18.0 Å². The lowest BCUT2D eigenvalue weighted by Gasteiger charge is -2.34. The van der Waals surface area contributed by atoms with Crippen LogP contribution in [0.15, 0.2) is 30.7 Å². The summed E-state index contributed by atoms with van der Waals surface area (Å²) in [6.07, 6.45) is 10.2. The molecule has 2 aliphatic rings. The van der Waals surface area contributed by atoms with Gasteiger partial charge in [0.05, 0.1) is 16.8 Å². The van der Waals surface area contributed by atoms with E-state index in [0.717, 1.165) is 67.3 Å². The normalized spacial score (nSPS) is 22.8. The van der Waals surface area contributed by atoms with Crippen LogP contribution in [0.5, 0.6) is 0 Å². The molecule has 158 valence electrons. The Morgan fingerprint density at radius 1 is 1.17 bits per heavy atom. The number of aromatic nitrogens is 4. The maximum atomic E-state index is 6.15. The summed E-state index contributed by atoms with van der Waals surface area (Å²) in [6, 6.07) is 4.67. The standard InChI is InChI=1S/C22H28ClN7/c1-15-12-30-21(26-22(15)29-7-5-18(24)14-29)9-19(27-30)20-4-2-3-6-28(20)13-16-8-17(23)11-25-10-16/h8-12,18,20H,2-7,13-14,24H2,1H3/t18-,20-/m0/s1. The highest BCUT2D eigenvalue weighted by atomic mass is 35.5. The highest BCUT2D eigenvalue weighted by Gasteiger charge is 2.27. The van der Waals surface area contributed by atoms with Crippen molar-refractivity contribution in [2.75, 3.05) is 24.5 Å². The third-order valence-corrected chi connectivity index (χ3v) is 6.46. The van der Waals surface area contributed by atoms with E-state index in [9.17, 15) is 0 Å². The minimum absolute atomic E-state index is 0.236. The first-order chi connectivity index (χ1) is 14.6. The summed E-state index contributed by atoms with van der Waals surface area (Å²) in [4.78, 5) is 14.0. The molecular formula is C22H28ClN7. The molecule has 8 heteroatoms. The summed E-state index contributed by atoms with van der Waals surface area (Å²) < 4.78 is 1.93. The number of nitrogens with two attached hydrogens (primary N) is 1. The van der Waals surface area contributed by atoms with Crippen LogP contribution in [0.25, 0.3) is 5.65 Å². The Balaban J connectivity index is 1.43. The van der Waals surface area contributed by atoms with Crippen LogP contribution < -0.4 is 10.6 Å². The van der Waals surface area contributed by atoms with E-state index in [4.69, 9.17) is 27.4 Å². The molecule has 0 radical (unpaired) electrons. The molecule has 2 fully saturated rings. The molecule has 2 saturated heterocycles. The maximum Gasteiger partial charge on any atom is 0.157 e. The second-order valence-corrected chi connectivity index (χ2v) is 9.04. The largest absolute Gasteiger partial charge is 0.355 e. The van der Waals surface area contributed by atoms with Crippen LogP contribution in [0.4, 0.5) is 5.82 Å². The van der Waals surface area contributed by atoms with E-state index in [-0.39, 0.29) is 12.1 Å². The third kappa shape index (κ3) is 3.89. The van der Waals surface area contributed by atoms with Gasteiger partial charge in [-0.2, -0.15) is 5.10 Å². The number of hydrogen-bond donors (Lipinski definition) is 1. The minimum atomic E-state index is 0.236. The minimum Gasteiger partial charge on any atom is -0.355 e. The first kappa shape index (κ1) is 19.7. The number of fused-ring (bicyclic) bond motifs is 1. The number of rotatable bonds is 4. The Hall–Kier alpha value is -2.22. The van der Waals surface area contributed by atoms with Gasteiger partial charge in [-0.25, -0.2) is 9.50 Å². The van der Waals surface area contributed by atoms with Crippen LogP contribution >= 0.6 is 11.6 Å². The van der Waals surface area contributed by atoms with E-state index in [1.807, 2.05) is 16.8 Å². The fourth-order valence-corrected chi connectivity index (χ4v) is 4.97. The number of aryl methyl sites for hydroxylation is 1. The highest BCUT2D eigenvalue weighted by molar-refractivity contribution is 6.30. The number of halogens is 1. The highest BCUT2D eigenvalue weighted by Crippen LogP contribution is 2.32. The molecule has 0 amide bonds. The zero-order valence-corrected chi connectivity index (χ0v) is 18.1. The van der Waals surface area contributed by atoms with Gasteiger partial charge in [-0.05, 0) is 44.4 Å². The molecule has 30 heavy (non-hydrogen) atoms. The number of anilines is 1. The average molecular weight is 426 g/mol. The van der Waals surface area contributed by atoms with Crippen molar-refractivity contribution in [1.29, 1.82) is 0 Å². The molecule has 2 aliphatic heterocycles. The predicted molar refractivity (Wildman–Crippen MR) is 119 cm³/mol. The number of pyridine rings is 1. The Morgan fingerprint density at radius 2 is 2.07 bits per heavy atom. The van der Waals surface area contributed by atoms with Gasteiger partial charge in [0.1, 0.15) is 5.82 Å². The Kier molecular flexibility index (Phi) is 5.35. The molecule has 0 spiro atoms. The molecule has 0 unspecified atom stereocenters. The van der Waals surface area contributed by atoms with Crippen molar-refractivity contribution in [2.45, 2.75) is 51.2 Å². The van der Waals surface area contributed by atoms with E-state index in [2.05, 4.69) is 34.0 Å². The van der Waals surface area contributed by atoms with Gasteiger partial charge in [0.2, 0.25) is 0 Å². The molecule has 5 rings (SSSR count). The van der Waals surface area contributed by atoms with Crippen molar-refractivity contribution in [3.8, 4) is 0 Å². The SMILES string of the molecule is Cc1cn2nc([C@@H]3CCCCN3Cc3cncc(Cl)c3)cc2nc1N1CC[C@H](N)C1. The summed E-state index contributed by atoms with van der Waals surface area (Å²) in [5.74, 6) is 1.03. The van der Waals surface area contributed by atoms with Crippen LogP contribution in [0.1, 0.15) is 48.5 Å². The van der Waals surface area contributed by atoms with Gasteiger partial charge < -0.3 is 10.6 Å². The Labute approximate surface area is 181 Å². The molecule has 0 aliphatic carbocycles. The summed E-state index contributed by atoms with van der Waals surface area (Å²) in [6.45, 7) is 5.82. The number of nitrogens with zero attached hydrogens (tertiary/aromatic N) is 6. The zero-order chi connectivity index (χ0) is 20.7. The lowest BCUT2D eigenvalue weighted by molar-refractivity contribution is 0.137. The molecule has 0 aromatic carbocycles. The van der Waals surface area contributed by atoms with E-state index < -0.39 is 0 Å². The van der Waals surface area contributed by atoms with Crippen molar-refractivity contribution in [2.24, 2.45) is 5.73 Å². The van der Waals surface area contributed by atoms with Gasteiger partial charge in [0.25, 0.3) is 0 Å². The number of hydrogen-bond acceptors (Lipinski definition) is 6. The van der Waals surface area contributed by atoms with Crippen molar-refractivity contribution in [1.82, 2.24) is 24.5 Å². The zero-order valence-electron chi connectivity index (χ0n) is 17.3. The topological polar surface area (TPSA) is 75.6 Å². The van der Waals surface area contributed by atoms with Gasteiger partial charge in [-0.15, -0.1) is 0 Å². The van der Waals surface area contributed by atoms with E-state index in [0.29, 0.717) is 5.02 Å².